The Bertz CT molecular complexity index is 1160. The molecule has 2 heterocycles. The number of methoxy groups -OCH3 is 1. The number of rotatable bonds is 6. The van der Waals surface area contributed by atoms with Gasteiger partial charge in [-0.25, -0.2) is 14.2 Å². The fourth-order valence-electron chi connectivity index (χ4n) is 4.09. The van der Waals surface area contributed by atoms with Gasteiger partial charge in [0, 0.05) is 16.5 Å². The minimum Gasteiger partial charge on any atom is -0.481 e. The van der Waals surface area contributed by atoms with Crippen molar-refractivity contribution in [2.24, 2.45) is 5.92 Å². The molecule has 3 aromatic rings. The van der Waals surface area contributed by atoms with Gasteiger partial charge >= 0.3 is 6.03 Å². The molecule has 1 fully saturated rings. The molecule has 1 saturated heterocycles. The molecule has 4 rings (SSSR count). The number of ether oxygens (including phenoxy) is 1. The first-order valence-electron chi connectivity index (χ1n) is 10.2. The molecular formula is C24H24FN3O3. The van der Waals surface area contributed by atoms with E-state index in [1.807, 2.05) is 30.3 Å². The zero-order valence-electron chi connectivity index (χ0n) is 17.6. The molecule has 6 nitrogen and oxygen atoms in total. The average molecular weight is 421 g/mol. The standard InChI is InChI=1S/C24H24FN3O3/c1-13(2)17(12-21-22(29)28-24(30)27-21)16-9-10-20(26-23(16)31-3)15-8-7-14-5-4-6-19(25)18(14)11-15/h4-11,13,17,21H,12H2,1-3H3,(H2,27,28,29,30). The van der Waals surface area contributed by atoms with E-state index in [4.69, 9.17) is 4.74 Å². The molecule has 1 aliphatic heterocycles. The number of hydrogen-bond acceptors (Lipinski definition) is 4. The average Bonchev–Trinajstić information content (AvgIpc) is 3.08. The summed E-state index contributed by atoms with van der Waals surface area (Å²) in [5, 5.41) is 6.29. The van der Waals surface area contributed by atoms with Crippen LogP contribution < -0.4 is 15.4 Å². The Hall–Kier alpha value is -3.48. The molecule has 2 N–H and O–H groups in total. The van der Waals surface area contributed by atoms with E-state index in [0.29, 0.717) is 23.4 Å². The molecular weight excluding hydrogens is 397 g/mol. The molecule has 160 valence electrons. The monoisotopic (exact) mass is 421 g/mol. The van der Waals surface area contributed by atoms with Gasteiger partial charge in [0.25, 0.3) is 5.91 Å². The van der Waals surface area contributed by atoms with E-state index in [9.17, 15) is 14.0 Å². The largest absolute Gasteiger partial charge is 0.481 e. The van der Waals surface area contributed by atoms with E-state index in [1.54, 1.807) is 19.2 Å². The molecule has 2 aromatic carbocycles. The fraction of sp³-hybridized carbons (Fsp3) is 0.292. The highest BCUT2D eigenvalue weighted by molar-refractivity contribution is 6.04. The van der Waals surface area contributed by atoms with Gasteiger partial charge in [-0.15, -0.1) is 0 Å². The normalized spacial score (nSPS) is 17.0. The SMILES string of the molecule is COc1nc(-c2ccc3cccc(F)c3c2)ccc1C(CC1NC(=O)NC1=O)C(C)C. The van der Waals surface area contributed by atoms with Gasteiger partial charge in [-0.2, -0.15) is 0 Å². The Morgan fingerprint density at radius 3 is 2.61 bits per heavy atom. The number of carbonyl (C=O) groups excluding carboxylic acids is 2. The van der Waals surface area contributed by atoms with E-state index < -0.39 is 12.1 Å². The predicted molar refractivity (Wildman–Crippen MR) is 116 cm³/mol. The Balaban J connectivity index is 1.69. The topological polar surface area (TPSA) is 80.3 Å². The van der Waals surface area contributed by atoms with Crippen LogP contribution in [-0.4, -0.2) is 30.1 Å². The molecule has 3 amide bonds. The number of urea groups is 1. The maximum absolute atomic E-state index is 14.2. The smallest absolute Gasteiger partial charge is 0.322 e. The van der Waals surface area contributed by atoms with Crippen molar-refractivity contribution in [1.82, 2.24) is 15.6 Å². The summed E-state index contributed by atoms with van der Waals surface area (Å²) < 4.78 is 19.8. The van der Waals surface area contributed by atoms with E-state index in [0.717, 1.165) is 16.5 Å². The lowest BCUT2D eigenvalue weighted by atomic mass is 9.83. The van der Waals surface area contributed by atoms with E-state index in [-0.39, 0.29) is 23.6 Å². The number of hydrogen-bond donors (Lipinski definition) is 2. The number of imide groups is 1. The summed E-state index contributed by atoms with van der Waals surface area (Å²) in [6.07, 6.45) is 0.438. The van der Waals surface area contributed by atoms with Crippen LogP contribution in [0.2, 0.25) is 0 Å². The number of nitrogens with zero attached hydrogens (tertiary/aromatic N) is 1. The van der Waals surface area contributed by atoms with Gasteiger partial charge in [0.05, 0.1) is 12.8 Å². The number of fused-ring (bicyclic) bond motifs is 1. The van der Waals surface area contributed by atoms with Crippen molar-refractivity contribution in [3.8, 4) is 17.1 Å². The number of halogens is 1. The van der Waals surface area contributed by atoms with E-state index >= 15 is 0 Å². The van der Waals surface area contributed by atoms with Gasteiger partial charge in [0.1, 0.15) is 11.9 Å². The van der Waals surface area contributed by atoms with Crippen LogP contribution in [0.1, 0.15) is 31.7 Å². The molecule has 0 aliphatic carbocycles. The Kier molecular flexibility index (Phi) is 5.59. The fourth-order valence-corrected chi connectivity index (χ4v) is 4.09. The summed E-state index contributed by atoms with van der Waals surface area (Å²) >= 11 is 0. The second-order valence-corrected chi connectivity index (χ2v) is 8.07. The highest BCUT2D eigenvalue weighted by atomic mass is 19.1. The minimum absolute atomic E-state index is 0.0558. The van der Waals surface area contributed by atoms with Crippen molar-refractivity contribution in [3.63, 3.8) is 0 Å². The van der Waals surface area contributed by atoms with Crippen molar-refractivity contribution >= 4 is 22.7 Å². The molecule has 1 aromatic heterocycles. The molecule has 1 aliphatic rings. The third-order valence-corrected chi connectivity index (χ3v) is 5.76. The number of amides is 3. The summed E-state index contributed by atoms with van der Waals surface area (Å²) in [4.78, 5) is 28.2. The van der Waals surface area contributed by atoms with Gasteiger partial charge in [-0.1, -0.05) is 44.2 Å². The van der Waals surface area contributed by atoms with Crippen molar-refractivity contribution in [3.05, 3.63) is 59.9 Å². The van der Waals surface area contributed by atoms with Crippen LogP contribution in [-0.2, 0) is 4.79 Å². The second-order valence-electron chi connectivity index (χ2n) is 8.07. The summed E-state index contributed by atoms with van der Waals surface area (Å²) in [7, 11) is 1.55. The van der Waals surface area contributed by atoms with E-state index in [2.05, 4.69) is 29.5 Å². The Labute approximate surface area is 179 Å². The van der Waals surface area contributed by atoms with Crippen molar-refractivity contribution in [2.75, 3.05) is 7.11 Å². The third-order valence-electron chi connectivity index (χ3n) is 5.76. The van der Waals surface area contributed by atoms with Gasteiger partial charge in [0.15, 0.2) is 0 Å². The van der Waals surface area contributed by atoms with Gasteiger partial charge < -0.3 is 10.1 Å². The summed E-state index contributed by atoms with van der Waals surface area (Å²) in [5.74, 6) is -0.0204. The van der Waals surface area contributed by atoms with Crippen LogP contribution in [0.5, 0.6) is 5.88 Å². The van der Waals surface area contributed by atoms with Crippen molar-refractivity contribution in [1.29, 1.82) is 0 Å². The molecule has 0 radical (unpaired) electrons. The van der Waals surface area contributed by atoms with Crippen molar-refractivity contribution in [2.45, 2.75) is 32.2 Å². The molecule has 2 atom stereocenters. The summed E-state index contributed by atoms with van der Waals surface area (Å²) in [5.41, 5.74) is 2.31. The predicted octanol–water partition coefficient (Wildman–Crippen LogP) is 4.39. The number of aromatic nitrogens is 1. The lowest BCUT2D eigenvalue weighted by Gasteiger charge is -2.25. The first-order chi connectivity index (χ1) is 14.9. The summed E-state index contributed by atoms with van der Waals surface area (Å²) in [6, 6.07) is 13.3. The molecule has 31 heavy (non-hydrogen) atoms. The Morgan fingerprint density at radius 1 is 1.13 bits per heavy atom. The second kappa shape index (κ2) is 8.34. The van der Waals surface area contributed by atoms with E-state index in [1.165, 1.54) is 6.07 Å². The van der Waals surface area contributed by atoms with Crippen LogP contribution >= 0.6 is 0 Å². The number of carbonyl (C=O) groups is 2. The number of pyridine rings is 1. The maximum Gasteiger partial charge on any atom is 0.322 e. The lowest BCUT2D eigenvalue weighted by Crippen LogP contribution is -2.32. The highest BCUT2D eigenvalue weighted by Crippen LogP contribution is 2.36. The summed E-state index contributed by atoms with van der Waals surface area (Å²) in [6.45, 7) is 4.11. The van der Waals surface area contributed by atoms with Crippen LogP contribution in [0.25, 0.3) is 22.0 Å². The van der Waals surface area contributed by atoms with Gasteiger partial charge in [-0.3, -0.25) is 10.1 Å². The Morgan fingerprint density at radius 2 is 1.94 bits per heavy atom. The van der Waals surface area contributed by atoms with Crippen molar-refractivity contribution < 1.29 is 18.7 Å². The molecule has 7 heteroatoms. The lowest BCUT2D eigenvalue weighted by molar-refractivity contribution is -0.120. The molecule has 2 unspecified atom stereocenters. The van der Waals surface area contributed by atoms with Crippen LogP contribution in [0, 0.1) is 11.7 Å². The zero-order valence-corrected chi connectivity index (χ0v) is 17.6. The highest BCUT2D eigenvalue weighted by Gasteiger charge is 2.34. The van der Waals surface area contributed by atoms with Crippen LogP contribution in [0.15, 0.2) is 48.5 Å². The first kappa shape index (κ1) is 20.8. The van der Waals surface area contributed by atoms with Crippen LogP contribution in [0.4, 0.5) is 9.18 Å². The third kappa shape index (κ3) is 4.08. The molecule has 0 bridgehead atoms. The maximum atomic E-state index is 14.2. The first-order valence-corrected chi connectivity index (χ1v) is 10.2. The van der Waals surface area contributed by atoms with Gasteiger partial charge in [0.2, 0.25) is 5.88 Å². The molecule has 0 spiro atoms. The quantitative estimate of drug-likeness (QED) is 0.579. The van der Waals surface area contributed by atoms with Crippen LogP contribution in [0.3, 0.4) is 0 Å². The number of nitrogens with one attached hydrogen (secondary N) is 2. The zero-order chi connectivity index (χ0) is 22.1. The molecule has 0 saturated carbocycles. The minimum atomic E-state index is -0.590. The number of benzene rings is 2. The van der Waals surface area contributed by atoms with Gasteiger partial charge in [-0.05, 0) is 41.8 Å².